The molecular formula is C15H21NO2. The van der Waals surface area contributed by atoms with Crippen molar-refractivity contribution in [2.24, 2.45) is 0 Å². The molecule has 18 heavy (non-hydrogen) atoms. The van der Waals surface area contributed by atoms with Crippen LogP contribution in [0.15, 0.2) is 24.3 Å². The Morgan fingerprint density at radius 3 is 2.72 bits per heavy atom. The summed E-state index contributed by atoms with van der Waals surface area (Å²) in [6.45, 7) is 0.913. The van der Waals surface area contributed by atoms with E-state index in [-0.39, 0.29) is 0 Å². The van der Waals surface area contributed by atoms with Crippen LogP contribution in [-0.4, -0.2) is 30.9 Å². The van der Waals surface area contributed by atoms with Gasteiger partial charge in [0.2, 0.25) is 0 Å². The zero-order valence-electron chi connectivity index (χ0n) is 11.2. The predicted molar refractivity (Wildman–Crippen MR) is 71.7 cm³/mol. The van der Waals surface area contributed by atoms with Crippen molar-refractivity contribution in [2.75, 3.05) is 14.2 Å². The first-order chi connectivity index (χ1) is 8.69. The Hall–Kier alpha value is -1.35. The van der Waals surface area contributed by atoms with E-state index >= 15 is 0 Å². The molecule has 98 valence electrons. The van der Waals surface area contributed by atoms with Crippen molar-refractivity contribution in [3.05, 3.63) is 29.8 Å². The van der Waals surface area contributed by atoms with Crippen LogP contribution in [0.5, 0.6) is 5.75 Å². The van der Waals surface area contributed by atoms with Gasteiger partial charge in [0.25, 0.3) is 0 Å². The largest absolute Gasteiger partial charge is 0.497 e. The van der Waals surface area contributed by atoms with Crippen LogP contribution in [-0.2, 0) is 11.3 Å². The van der Waals surface area contributed by atoms with Crippen molar-refractivity contribution in [2.45, 2.75) is 38.3 Å². The van der Waals surface area contributed by atoms with E-state index in [0.29, 0.717) is 11.8 Å². The lowest BCUT2D eigenvalue weighted by molar-refractivity contribution is -0.121. The van der Waals surface area contributed by atoms with Gasteiger partial charge in [-0.15, -0.1) is 0 Å². The normalized spacial score (nSPS) is 17.2. The predicted octanol–water partition coefficient (Wildman–Crippen LogP) is 2.64. The molecule has 0 unspecified atom stereocenters. The van der Waals surface area contributed by atoms with Crippen molar-refractivity contribution in [1.29, 1.82) is 0 Å². The molecular weight excluding hydrogens is 226 g/mol. The second-order valence-electron chi connectivity index (χ2n) is 5.04. The van der Waals surface area contributed by atoms with Crippen molar-refractivity contribution in [1.82, 2.24) is 4.90 Å². The van der Waals surface area contributed by atoms with Crippen LogP contribution in [0.2, 0.25) is 0 Å². The molecule has 0 bridgehead atoms. The van der Waals surface area contributed by atoms with Crippen LogP contribution in [0.4, 0.5) is 0 Å². The Bertz CT molecular complexity index is 407. The van der Waals surface area contributed by atoms with E-state index in [2.05, 4.69) is 24.1 Å². The fraction of sp³-hybridized carbons (Fsp3) is 0.533. The van der Waals surface area contributed by atoms with Crippen LogP contribution in [0.25, 0.3) is 0 Å². The number of nitrogens with zero attached hydrogens (tertiary/aromatic N) is 1. The van der Waals surface area contributed by atoms with Gasteiger partial charge in [0.05, 0.1) is 7.11 Å². The first kappa shape index (κ1) is 13.1. The van der Waals surface area contributed by atoms with Crippen LogP contribution >= 0.6 is 0 Å². The van der Waals surface area contributed by atoms with Crippen LogP contribution in [0.1, 0.15) is 31.2 Å². The minimum absolute atomic E-state index is 0.418. The molecule has 1 aromatic carbocycles. The molecule has 1 fully saturated rings. The summed E-state index contributed by atoms with van der Waals surface area (Å²) in [6.07, 6.45) is 3.48. The van der Waals surface area contributed by atoms with E-state index in [1.165, 1.54) is 5.56 Å². The number of methoxy groups -OCH3 is 1. The molecule has 0 amide bonds. The molecule has 0 heterocycles. The summed E-state index contributed by atoms with van der Waals surface area (Å²) in [5, 5.41) is 0. The highest BCUT2D eigenvalue weighted by Crippen LogP contribution is 2.22. The highest BCUT2D eigenvalue weighted by atomic mass is 16.5. The number of hydrogen-bond acceptors (Lipinski definition) is 3. The molecule has 0 spiro atoms. The van der Waals surface area contributed by atoms with Gasteiger partial charge < -0.3 is 4.74 Å². The Morgan fingerprint density at radius 2 is 2.06 bits per heavy atom. The Morgan fingerprint density at radius 1 is 1.33 bits per heavy atom. The molecule has 0 radical (unpaired) electrons. The first-order valence-corrected chi connectivity index (χ1v) is 6.54. The summed E-state index contributed by atoms with van der Waals surface area (Å²) in [5.74, 6) is 1.32. The van der Waals surface area contributed by atoms with E-state index in [1.54, 1.807) is 7.11 Å². The number of carbonyl (C=O) groups is 1. The molecule has 3 nitrogen and oxygen atoms in total. The second kappa shape index (κ2) is 6.01. The third-order valence-corrected chi connectivity index (χ3v) is 3.70. The summed E-state index contributed by atoms with van der Waals surface area (Å²) < 4.78 is 5.23. The summed E-state index contributed by atoms with van der Waals surface area (Å²) >= 11 is 0. The standard InChI is InChI=1S/C15H21NO2/c1-16(13-6-8-14(17)9-7-13)11-12-4-3-5-15(10-12)18-2/h3-5,10,13H,6-9,11H2,1-2H3. The molecule has 1 aliphatic carbocycles. The van der Waals surface area contributed by atoms with Gasteiger partial charge in [-0.2, -0.15) is 0 Å². The van der Waals surface area contributed by atoms with Gasteiger partial charge in [0.15, 0.2) is 0 Å². The van der Waals surface area contributed by atoms with E-state index in [0.717, 1.165) is 38.0 Å². The fourth-order valence-corrected chi connectivity index (χ4v) is 2.55. The van der Waals surface area contributed by atoms with Crippen molar-refractivity contribution < 1.29 is 9.53 Å². The molecule has 1 aliphatic rings. The molecule has 0 saturated heterocycles. The number of ether oxygens (including phenoxy) is 1. The number of benzene rings is 1. The average molecular weight is 247 g/mol. The number of rotatable bonds is 4. The summed E-state index contributed by atoms with van der Waals surface area (Å²) in [4.78, 5) is 13.6. The lowest BCUT2D eigenvalue weighted by atomic mass is 9.93. The molecule has 2 rings (SSSR count). The fourth-order valence-electron chi connectivity index (χ4n) is 2.55. The molecule has 1 aromatic rings. The third kappa shape index (κ3) is 3.33. The maximum Gasteiger partial charge on any atom is 0.133 e. The second-order valence-corrected chi connectivity index (χ2v) is 5.04. The Kier molecular flexibility index (Phi) is 4.37. The first-order valence-electron chi connectivity index (χ1n) is 6.54. The lowest BCUT2D eigenvalue weighted by Gasteiger charge is -2.30. The lowest BCUT2D eigenvalue weighted by Crippen LogP contribution is -2.34. The van der Waals surface area contributed by atoms with E-state index < -0.39 is 0 Å². The van der Waals surface area contributed by atoms with Gasteiger partial charge in [-0.25, -0.2) is 0 Å². The van der Waals surface area contributed by atoms with Gasteiger partial charge >= 0.3 is 0 Å². The van der Waals surface area contributed by atoms with E-state index in [9.17, 15) is 4.79 Å². The van der Waals surface area contributed by atoms with E-state index in [1.807, 2.05) is 12.1 Å². The number of ketones is 1. The van der Waals surface area contributed by atoms with Crippen LogP contribution < -0.4 is 4.74 Å². The van der Waals surface area contributed by atoms with Crippen molar-refractivity contribution in [3.63, 3.8) is 0 Å². The summed E-state index contributed by atoms with van der Waals surface area (Å²) in [6, 6.07) is 8.71. The smallest absolute Gasteiger partial charge is 0.133 e. The molecule has 1 saturated carbocycles. The molecule has 0 aromatic heterocycles. The average Bonchev–Trinajstić information content (AvgIpc) is 2.39. The zero-order chi connectivity index (χ0) is 13.0. The summed E-state index contributed by atoms with van der Waals surface area (Å²) in [5.41, 5.74) is 1.26. The third-order valence-electron chi connectivity index (χ3n) is 3.70. The van der Waals surface area contributed by atoms with Gasteiger partial charge in [0.1, 0.15) is 11.5 Å². The van der Waals surface area contributed by atoms with Crippen LogP contribution in [0, 0.1) is 0 Å². The number of Topliss-reactive ketones (excluding diaryl/α,β-unsaturated/α-hetero) is 1. The Balaban J connectivity index is 1.93. The number of carbonyl (C=O) groups excluding carboxylic acids is 1. The van der Waals surface area contributed by atoms with Gasteiger partial charge in [0, 0.05) is 25.4 Å². The van der Waals surface area contributed by atoms with Gasteiger partial charge in [-0.1, -0.05) is 12.1 Å². The summed E-state index contributed by atoms with van der Waals surface area (Å²) in [7, 11) is 3.83. The zero-order valence-corrected chi connectivity index (χ0v) is 11.2. The monoisotopic (exact) mass is 247 g/mol. The van der Waals surface area contributed by atoms with Gasteiger partial charge in [-0.05, 0) is 37.6 Å². The maximum absolute atomic E-state index is 11.2. The van der Waals surface area contributed by atoms with Crippen molar-refractivity contribution in [3.8, 4) is 5.75 Å². The highest BCUT2D eigenvalue weighted by Gasteiger charge is 2.22. The van der Waals surface area contributed by atoms with E-state index in [4.69, 9.17) is 4.74 Å². The minimum atomic E-state index is 0.418. The molecule has 0 aliphatic heterocycles. The molecule has 3 heteroatoms. The quantitative estimate of drug-likeness (QED) is 0.819. The SMILES string of the molecule is COc1cccc(CN(C)C2CCC(=O)CC2)c1. The maximum atomic E-state index is 11.2. The van der Waals surface area contributed by atoms with Gasteiger partial charge in [-0.3, -0.25) is 9.69 Å². The topological polar surface area (TPSA) is 29.5 Å². The molecule has 0 atom stereocenters. The number of hydrogen-bond donors (Lipinski definition) is 0. The van der Waals surface area contributed by atoms with Crippen LogP contribution in [0.3, 0.4) is 0 Å². The molecule has 0 N–H and O–H groups in total. The Labute approximate surface area is 109 Å². The highest BCUT2D eigenvalue weighted by molar-refractivity contribution is 5.79. The minimum Gasteiger partial charge on any atom is -0.497 e. The van der Waals surface area contributed by atoms with Crippen molar-refractivity contribution >= 4 is 5.78 Å².